The van der Waals surface area contributed by atoms with Gasteiger partial charge in [0.1, 0.15) is 5.82 Å². The Morgan fingerprint density at radius 3 is 2.73 bits per heavy atom. The molecular formula is C18H13FN2O. The summed E-state index contributed by atoms with van der Waals surface area (Å²) < 4.78 is 13.5. The molecule has 0 saturated heterocycles. The molecule has 0 bridgehead atoms. The number of rotatable bonds is 3. The second-order valence-corrected chi connectivity index (χ2v) is 4.72. The molecule has 108 valence electrons. The molecule has 22 heavy (non-hydrogen) atoms. The summed E-state index contributed by atoms with van der Waals surface area (Å²) in [7, 11) is 0. The van der Waals surface area contributed by atoms with Crippen molar-refractivity contribution in [3.05, 3.63) is 78.3 Å². The largest absolute Gasteiger partial charge is 0.321 e. The average Bonchev–Trinajstić information content (AvgIpc) is 2.54. The van der Waals surface area contributed by atoms with E-state index in [1.165, 1.54) is 18.2 Å². The van der Waals surface area contributed by atoms with E-state index in [0.29, 0.717) is 11.3 Å². The molecule has 0 radical (unpaired) electrons. The molecule has 0 aliphatic heterocycles. The quantitative estimate of drug-likeness (QED) is 0.741. The molecule has 2 aromatic carbocycles. The minimum absolute atomic E-state index is 0.332. The molecule has 0 aliphatic carbocycles. The number of carbonyl (C=O) groups excluding carboxylic acids is 1. The van der Waals surface area contributed by atoms with Crippen molar-refractivity contribution in [2.45, 2.75) is 0 Å². The molecule has 0 saturated carbocycles. The maximum atomic E-state index is 13.5. The lowest BCUT2D eigenvalue weighted by Crippen LogP contribution is -2.08. The van der Waals surface area contributed by atoms with Crippen molar-refractivity contribution in [3.63, 3.8) is 0 Å². The summed E-state index contributed by atoms with van der Waals surface area (Å²) in [5.74, 6) is -0.695. The number of anilines is 1. The first-order chi connectivity index (χ1) is 10.7. The number of para-hydroxylation sites is 1. The van der Waals surface area contributed by atoms with Gasteiger partial charge in [0.25, 0.3) is 0 Å². The van der Waals surface area contributed by atoms with Crippen molar-refractivity contribution in [1.82, 2.24) is 4.98 Å². The maximum Gasteiger partial charge on any atom is 0.248 e. The number of hydrogen-bond acceptors (Lipinski definition) is 2. The van der Waals surface area contributed by atoms with Crippen LogP contribution in [0.5, 0.6) is 0 Å². The summed E-state index contributed by atoms with van der Waals surface area (Å²) >= 11 is 0. The van der Waals surface area contributed by atoms with E-state index in [0.717, 1.165) is 10.9 Å². The fraction of sp³-hybridized carbons (Fsp3) is 0. The van der Waals surface area contributed by atoms with Crippen LogP contribution in [0.3, 0.4) is 0 Å². The van der Waals surface area contributed by atoms with E-state index in [-0.39, 0.29) is 11.7 Å². The molecule has 1 heterocycles. The van der Waals surface area contributed by atoms with Crippen LogP contribution in [-0.2, 0) is 4.79 Å². The van der Waals surface area contributed by atoms with E-state index in [9.17, 15) is 9.18 Å². The Bertz CT molecular complexity index is 853. The molecule has 3 aromatic rings. The lowest BCUT2D eigenvalue weighted by atomic mass is 10.2. The highest BCUT2D eigenvalue weighted by molar-refractivity contribution is 6.06. The summed E-state index contributed by atoms with van der Waals surface area (Å²) in [6.07, 6.45) is 4.43. The van der Waals surface area contributed by atoms with Gasteiger partial charge in [0.2, 0.25) is 5.91 Å². The summed E-state index contributed by atoms with van der Waals surface area (Å²) in [6, 6.07) is 15.6. The number of nitrogens with one attached hydrogen (secondary N) is 1. The Morgan fingerprint density at radius 2 is 1.86 bits per heavy atom. The van der Waals surface area contributed by atoms with E-state index in [1.54, 1.807) is 30.5 Å². The summed E-state index contributed by atoms with van der Waals surface area (Å²) in [5.41, 5.74) is 1.72. The van der Waals surface area contributed by atoms with Crippen LogP contribution in [0.2, 0.25) is 0 Å². The van der Waals surface area contributed by atoms with Gasteiger partial charge >= 0.3 is 0 Å². The van der Waals surface area contributed by atoms with Gasteiger partial charge < -0.3 is 5.32 Å². The van der Waals surface area contributed by atoms with E-state index >= 15 is 0 Å². The van der Waals surface area contributed by atoms with Crippen LogP contribution >= 0.6 is 0 Å². The van der Waals surface area contributed by atoms with Crippen molar-refractivity contribution in [2.75, 3.05) is 5.32 Å². The number of amides is 1. The zero-order valence-electron chi connectivity index (χ0n) is 11.7. The van der Waals surface area contributed by atoms with Crippen LogP contribution < -0.4 is 5.32 Å². The number of carbonyl (C=O) groups is 1. The predicted octanol–water partition coefficient (Wildman–Crippen LogP) is 4.03. The highest BCUT2D eigenvalue weighted by atomic mass is 19.1. The van der Waals surface area contributed by atoms with Gasteiger partial charge in [-0.15, -0.1) is 0 Å². The van der Waals surface area contributed by atoms with Crippen LogP contribution in [0, 0.1) is 5.82 Å². The lowest BCUT2D eigenvalue weighted by Gasteiger charge is -2.05. The number of nitrogens with zero attached hydrogens (tertiary/aromatic N) is 1. The Labute approximate surface area is 127 Å². The fourth-order valence-corrected chi connectivity index (χ4v) is 2.16. The molecule has 0 spiro atoms. The monoisotopic (exact) mass is 292 g/mol. The SMILES string of the molecule is O=C(C=Cc1ccccc1F)Nc1cccc2cccnc12. The van der Waals surface area contributed by atoms with Crippen LogP contribution in [0.15, 0.2) is 66.9 Å². The number of benzene rings is 2. The molecule has 1 aromatic heterocycles. The number of pyridine rings is 1. The smallest absolute Gasteiger partial charge is 0.248 e. The molecule has 1 N–H and O–H groups in total. The van der Waals surface area contributed by atoms with E-state index in [2.05, 4.69) is 10.3 Å². The molecule has 0 atom stereocenters. The first-order valence-corrected chi connectivity index (χ1v) is 6.81. The Balaban J connectivity index is 1.81. The summed E-state index contributed by atoms with van der Waals surface area (Å²) in [5, 5.41) is 3.71. The van der Waals surface area contributed by atoms with Crippen LogP contribution in [-0.4, -0.2) is 10.9 Å². The van der Waals surface area contributed by atoms with Gasteiger partial charge in [0.05, 0.1) is 11.2 Å². The Morgan fingerprint density at radius 1 is 1.05 bits per heavy atom. The zero-order valence-corrected chi connectivity index (χ0v) is 11.7. The minimum atomic E-state index is -0.363. The van der Waals surface area contributed by atoms with Crippen molar-refractivity contribution in [2.24, 2.45) is 0 Å². The van der Waals surface area contributed by atoms with Crippen LogP contribution in [0.25, 0.3) is 17.0 Å². The van der Waals surface area contributed by atoms with Gasteiger partial charge in [-0.2, -0.15) is 0 Å². The van der Waals surface area contributed by atoms with Gasteiger partial charge in [-0.05, 0) is 24.3 Å². The number of halogens is 1. The number of fused-ring (bicyclic) bond motifs is 1. The average molecular weight is 292 g/mol. The Hall–Kier alpha value is -3.01. The van der Waals surface area contributed by atoms with Gasteiger partial charge in [-0.3, -0.25) is 9.78 Å². The van der Waals surface area contributed by atoms with Crippen molar-refractivity contribution in [1.29, 1.82) is 0 Å². The minimum Gasteiger partial charge on any atom is -0.321 e. The second kappa shape index (κ2) is 6.18. The molecule has 4 heteroatoms. The summed E-state index contributed by atoms with van der Waals surface area (Å²) in [6.45, 7) is 0. The van der Waals surface area contributed by atoms with E-state index in [1.807, 2.05) is 24.3 Å². The third-order valence-electron chi connectivity index (χ3n) is 3.21. The van der Waals surface area contributed by atoms with Crippen molar-refractivity contribution in [3.8, 4) is 0 Å². The van der Waals surface area contributed by atoms with Gasteiger partial charge in [-0.1, -0.05) is 36.4 Å². The van der Waals surface area contributed by atoms with Crippen LogP contribution in [0.4, 0.5) is 10.1 Å². The highest BCUT2D eigenvalue weighted by Gasteiger charge is 2.04. The topological polar surface area (TPSA) is 42.0 Å². The van der Waals surface area contributed by atoms with Crippen LogP contribution in [0.1, 0.15) is 5.56 Å². The van der Waals surface area contributed by atoms with Gasteiger partial charge in [0, 0.05) is 23.2 Å². The Kier molecular flexibility index (Phi) is 3.92. The lowest BCUT2D eigenvalue weighted by molar-refractivity contribution is -0.111. The van der Waals surface area contributed by atoms with Crippen molar-refractivity contribution < 1.29 is 9.18 Å². The molecule has 0 unspecified atom stereocenters. The highest BCUT2D eigenvalue weighted by Crippen LogP contribution is 2.20. The third-order valence-corrected chi connectivity index (χ3v) is 3.21. The maximum absolute atomic E-state index is 13.5. The molecular weight excluding hydrogens is 279 g/mol. The molecule has 0 fully saturated rings. The molecule has 3 nitrogen and oxygen atoms in total. The fourth-order valence-electron chi connectivity index (χ4n) is 2.16. The van der Waals surface area contributed by atoms with Gasteiger partial charge in [0.15, 0.2) is 0 Å². The first kappa shape index (κ1) is 13.9. The van der Waals surface area contributed by atoms with E-state index in [4.69, 9.17) is 0 Å². The molecule has 0 aliphatic rings. The second-order valence-electron chi connectivity index (χ2n) is 4.72. The summed E-state index contributed by atoms with van der Waals surface area (Å²) in [4.78, 5) is 16.3. The molecule has 3 rings (SSSR count). The van der Waals surface area contributed by atoms with Gasteiger partial charge in [-0.25, -0.2) is 4.39 Å². The molecule has 1 amide bonds. The third kappa shape index (κ3) is 3.01. The zero-order chi connectivity index (χ0) is 15.4. The van der Waals surface area contributed by atoms with Crippen molar-refractivity contribution >= 4 is 28.6 Å². The number of aromatic nitrogens is 1. The van der Waals surface area contributed by atoms with E-state index < -0.39 is 0 Å². The normalized spacial score (nSPS) is 11.0. The number of hydrogen-bond donors (Lipinski definition) is 1. The first-order valence-electron chi connectivity index (χ1n) is 6.81. The predicted molar refractivity (Wildman–Crippen MR) is 85.8 cm³/mol. The standard InChI is InChI=1S/C18H13FN2O/c19-15-8-2-1-5-13(15)10-11-17(22)21-16-9-3-6-14-7-4-12-20-18(14)16/h1-12H,(H,21,22).